The Bertz CT molecular complexity index is 490. The van der Waals surface area contributed by atoms with Crippen molar-refractivity contribution >= 4 is 0 Å². The number of ether oxygens (including phenoxy) is 1. The van der Waals surface area contributed by atoms with E-state index in [0.717, 1.165) is 30.1 Å². The van der Waals surface area contributed by atoms with Gasteiger partial charge in [0.1, 0.15) is 11.6 Å². The third-order valence-corrected chi connectivity index (χ3v) is 2.97. The van der Waals surface area contributed by atoms with Gasteiger partial charge in [0.25, 0.3) is 0 Å². The number of aromatic nitrogens is 2. The van der Waals surface area contributed by atoms with Crippen LogP contribution in [0.1, 0.15) is 30.8 Å². The van der Waals surface area contributed by atoms with Gasteiger partial charge in [0.15, 0.2) is 0 Å². The molecular weight excluding hydrogens is 226 g/mol. The van der Waals surface area contributed by atoms with Crippen LogP contribution in [0.5, 0.6) is 5.75 Å². The minimum absolute atomic E-state index is 0.197. The number of hydrogen-bond donors (Lipinski definition) is 1. The standard InChI is InChI=1S/C14H19N3O/c1-3-9-17-10-8-16-14(17)13(15)11-4-6-12(18-2)7-5-11/h4-8,10,13H,3,9,15H2,1-2H3. The summed E-state index contributed by atoms with van der Waals surface area (Å²) in [6, 6.07) is 7.60. The third-order valence-electron chi connectivity index (χ3n) is 2.97. The van der Waals surface area contributed by atoms with Gasteiger partial charge in [-0.3, -0.25) is 0 Å². The molecule has 0 aliphatic heterocycles. The van der Waals surface area contributed by atoms with E-state index >= 15 is 0 Å². The highest BCUT2D eigenvalue weighted by molar-refractivity contribution is 5.31. The van der Waals surface area contributed by atoms with Gasteiger partial charge in [-0.25, -0.2) is 4.98 Å². The van der Waals surface area contributed by atoms with E-state index in [1.807, 2.05) is 30.5 Å². The van der Waals surface area contributed by atoms with E-state index in [1.165, 1.54) is 0 Å². The maximum atomic E-state index is 6.26. The topological polar surface area (TPSA) is 53.1 Å². The Kier molecular flexibility index (Phi) is 3.99. The molecule has 0 bridgehead atoms. The smallest absolute Gasteiger partial charge is 0.130 e. The molecule has 1 aromatic heterocycles. The number of hydrogen-bond acceptors (Lipinski definition) is 3. The summed E-state index contributed by atoms with van der Waals surface area (Å²) in [5.41, 5.74) is 7.30. The molecule has 1 atom stereocenters. The number of aryl methyl sites for hydroxylation is 1. The van der Waals surface area contributed by atoms with Crippen LogP contribution in [0.3, 0.4) is 0 Å². The van der Waals surface area contributed by atoms with Crippen LogP contribution in [-0.2, 0) is 6.54 Å². The number of methoxy groups -OCH3 is 1. The normalized spacial score (nSPS) is 12.4. The second-order valence-electron chi connectivity index (χ2n) is 4.23. The quantitative estimate of drug-likeness (QED) is 0.879. The highest BCUT2D eigenvalue weighted by Crippen LogP contribution is 2.21. The Hall–Kier alpha value is -1.81. The molecular formula is C14H19N3O. The molecule has 0 radical (unpaired) electrons. The Labute approximate surface area is 107 Å². The van der Waals surface area contributed by atoms with Crippen LogP contribution < -0.4 is 10.5 Å². The van der Waals surface area contributed by atoms with Gasteiger partial charge < -0.3 is 15.0 Å². The lowest BCUT2D eigenvalue weighted by atomic mass is 10.1. The maximum Gasteiger partial charge on any atom is 0.130 e. The van der Waals surface area contributed by atoms with Crippen LogP contribution in [-0.4, -0.2) is 16.7 Å². The van der Waals surface area contributed by atoms with Crippen LogP contribution in [0, 0.1) is 0 Å². The molecule has 0 saturated heterocycles. The number of benzene rings is 1. The van der Waals surface area contributed by atoms with Crippen molar-refractivity contribution in [3.63, 3.8) is 0 Å². The van der Waals surface area contributed by atoms with Gasteiger partial charge in [-0.15, -0.1) is 0 Å². The Morgan fingerprint density at radius 1 is 1.33 bits per heavy atom. The minimum atomic E-state index is -0.197. The molecule has 0 saturated carbocycles. The molecule has 0 spiro atoms. The monoisotopic (exact) mass is 245 g/mol. The number of nitrogens with two attached hydrogens (primary N) is 1. The largest absolute Gasteiger partial charge is 0.497 e. The zero-order valence-corrected chi connectivity index (χ0v) is 10.8. The highest BCUT2D eigenvalue weighted by Gasteiger charge is 2.14. The zero-order chi connectivity index (χ0) is 13.0. The van der Waals surface area contributed by atoms with Gasteiger partial charge in [-0.1, -0.05) is 19.1 Å². The number of nitrogens with zero attached hydrogens (tertiary/aromatic N) is 2. The first-order chi connectivity index (χ1) is 8.76. The van der Waals surface area contributed by atoms with Crippen molar-refractivity contribution in [2.75, 3.05) is 7.11 Å². The predicted molar refractivity (Wildman–Crippen MR) is 71.5 cm³/mol. The van der Waals surface area contributed by atoms with Gasteiger partial charge in [-0.05, 0) is 24.1 Å². The first-order valence-electron chi connectivity index (χ1n) is 6.16. The van der Waals surface area contributed by atoms with E-state index in [-0.39, 0.29) is 6.04 Å². The average Bonchev–Trinajstić information content (AvgIpc) is 2.87. The molecule has 4 nitrogen and oxygen atoms in total. The third kappa shape index (κ3) is 2.54. The molecule has 1 unspecified atom stereocenters. The Morgan fingerprint density at radius 2 is 2.06 bits per heavy atom. The fraction of sp³-hybridized carbons (Fsp3) is 0.357. The lowest BCUT2D eigenvalue weighted by Crippen LogP contribution is -2.17. The maximum absolute atomic E-state index is 6.26. The summed E-state index contributed by atoms with van der Waals surface area (Å²) in [6.07, 6.45) is 4.84. The molecule has 2 rings (SSSR count). The van der Waals surface area contributed by atoms with E-state index in [9.17, 15) is 0 Å². The van der Waals surface area contributed by atoms with Crippen molar-refractivity contribution in [2.45, 2.75) is 25.9 Å². The zero-order valence-electron chi connectivity index (χ0n) is 10.8. The van der Waals surface area contributed by atoms with Crippen molar-refractivity contribution in [3.8, 4) is 5.75 Å². The van der Waals surface area contributed by atoms with Crippen LogP contribution >= 0.6 is 0 Å². The molecule has 1 aromatic carbocycles. The van der Waals surface area contributed by atoms with Crippen LogP contribution in [0.25, 0.3) is 0 Å². The first-order valence-corrected chi connectivity index (χ1v) is 6.16. The molecule has 18 heavy (non-hydrogen) atoms. The van der Waals surface area contributed by atoms with E-state index in [4.69, 9.17) is 10.5 Å². The summed E-state index contributed by atoms with van der Waals surface area (Å²) < 4.78 is 7.25. The molecule has 96 valence electrons. The van der Waals surface area contributed by atoms with Crippen molar-refractivity contribution in [1.29, 1.82) is 0 Å². The lowest BCUT2D eigenvalue weighted by molar-refractivity contribution is 0.414. The Balaban J connectivity index is 2.23. The van der Waals surface area contributed by atoms with E-state index in [2.05, 4.69) is 16.5 Å². The van der Waals surface area contributed by atoms with Crippen LogP contribution in [0.15, 0.2) is 36.7 Å². The molecule has 1 heterocycles. The molecule has 0 aliphatic rings. The SMILES string of the molecule is CCCn1ccnc1C(N)c1ccc(OC)cc1. The fourth-order valence-electron chi connectivity index (χ4n) is 1.99. The van der Waals surface area contributed by atoms with E-state index in [1.54, 1.807) is 13.3 Å². The molecule has 0 aliphatic carbocycles. The molecule has 0 fully saturated rings. The van der Waals surface area contributed by atoms with Crippen molar-refractivity contribution in [1.82, 2.24) is 9.55 Å². The summed E-state index contributed by atoms with van der Waals surface area (Å²) in [7, 11) is 1.66. The summed E-state index contributed by atoms with van der Waals surface area (Å²) >= 11 is 0. The van der Waals surface area contributed by atoms with Gasteiger partial charge in [0, 0.05) is 18.9 Å². The molecule has 4 heteroatoms. The van der Waals surface area contributed by atoms with Gasteiger partial charge in [0.05, 0.1) is 13.2 Å². The second-order valence-corrected chi connectivity index (χ2v) is 4.23. The molecule has 2 N–H and O–H groups in total. The van der Waals surface area contributed by atoms with Crippen molar-refractivity contribution < 1.29 is 4.74 Å². The molecule has 2 aromatic rings. The van der Waals surface area contributed by atoms with Crippen molar-refractivity contribution in [3.05, 3.63) is 48.0 Å². The lowest BCUT2D eigenvalue weighted by Gasteiger charge is -2.14. The summed E-state index contributed by atoms with van der Waals surface area (Å²) in [5.74, 6) is 1.74. The first kappa shape index (κ1) is 12.6. The predicted octanol–water partition coefficient (Wildman–Crippen LogP) is 2.35. The van der Waals surface area contributed by atoms with Crippen LogP contribution in [0.4, 0.5) is 0 Å². The fourth-order valence-corrected chi connectivity index (χ4v) is 1.99. The molecule has 0 amide bonds. The second kappa shape index (κ2) is 5.69. The minimum Gasteiger partial charge on any atom is -0.497 e. The van der Waals surface area contributed by atoms with E-state index in [0.29, 0.717) is 0 Å². The summed E-state index contributed by atoms with van der Waals surface area (Å²) in [6.45, 7) is 3.09. The average molecular weight is 245 g/mol. The van der Waals surface area contributed by atoms with Gasteiger partial charge in [0.2, 0.25) is 0 Å². The van der Waals surface area contributed by atoms with Gasteiger partial charge >= 0.3 is 0 Å². The number of imidazole rings is 1. The summed E-state index contributed by atoms with van der Waals surface area (Å²) in [4.78, 5) is 4.36. The van der Waals surface area contributed by atoms with Crippen LogP contribution in [0.2, 0.25) is 0 Å². The van der Waals surface area contributed by atoms with Crippen molar-refractivity contribution in [2.24, 2.45) is 5.73 Å². The summed E-state index contributed by atoms with van der Waals surface area (Å²) in [5, 5.41) is 0. The Morgan fingerprint density at radius 3 is 2.67 bits per heavy atom. The highest BCUT2D eigenvalue weighted by atomic mass is 16.5. The van der Waals surface area contributed by atoms with E-state index < -0.39 is 0 Å². The van der Waals surface area contributed by atoms with Gasteiger partial charge in [-0.2, -0.15) is 0 Å². The number of rotatable bonds is 5.